The highest BCUT2D eigenvalue weighted by Gasteiger charge is 2.18. The zero-order chi connectivity index (χ0) is 15.4. The number of rotatable bonds is 4. The summed E-state index contributed by atoms with van der Waals surface area (Å²) in [5.74, 6) is -0.507. The van der Waals surface area contributed by atoms with Gasteiger partial charge in [-0.25, -0.2) is 4.98 Å². The van der Waals surface area contributed by atoms with Crippen molar-refractivity contribution >= 4 is 23.2 Å². The van der Waals surface area contributed by atoms with Gasteiger partial charge in [-0.15, -0.1) is 0 Å². The van der Waals surface area contributed by atoms with E-state index in [9.17, 15) is 14.9 Å². The van der Waals surface area contributed by atoms with Crippen LogP contribution in [-0.4, -0.2) is 15.8 Å². The minimum Gasteiger partial charge on any atom is -0.345 e. The molecule has 7 heteroatoms. The zero-order valence-electron chi connectivity index (χ0n) is 11.1. The summed E-state index contributed by atoms with van der Waals surface area (Å²) >= 11 is 5.83. The maximum absolute atomic E-state index is 12.2. The van der Waals surface area contributed by atoms with Gasteiger partial charge in [-0.05, 0) is 12.5 Å². The summed E-state index contributed by atoms with van der Waals surface area (Å²) in [5.41, 5.74) is 0.617. The first-order valence-corrected chi connectivity index (χ1v) is 6.52. The number of benzene rings is 1. The van der Waals surface area contributed by atoms with Crippen molar-refractivity contribution in [3.63, 3.8) is 0 Å². The summed E-state index contributed by atoms with van der Waals surface area (Å²) in [6, 6.07) is 10.2. The Balaban J connectivity index is 2.21. The Morgan fingerprint density at radius 1 is 1.38 bits per heavy atom. The Hall–Kier alpha value is -2.47. The lowest BCUT2D eigenvalue weighted by Crippen LogP contribution is -2.27. The van der Waals surface area contributed by atoms with E-state index in [-0.39, 0.29) is 22.4 Å². The average Bonchev–Trinajstić information content (AvgIpc) is 2.48. The molecule has 0 aliphatic heterocycles. The van der Waals surface area contributed by atoms with Crippen LogP contribution in [0.3, 0.4) is 0 Å². The first kappa shape index (κ1) is 14.9. The molecule has 0 aliphatic rings. The molecule has 1 amide bonds. The van der Waals surface area contributed by atoms with Crippen LogP contribution in [0, 0.1) is 10.1 Å². The topological polar surface area (TPSA) is 85.1 Å². The predicted molar refractivity (Wildman–Crippen MR) is 78.2 cm³/mol. The second-order valence-electron chi connectivity index (χ2n) is 4.39. The van der Waals surface area contributed by atoms with Gasteiger partial charge in [-0.1, -0.05) is 41.9 Å². The van der Waals surface area contributed by atoms with E-state index in [4.69, 9.17) is 11.6 Å². The first-order valence-electron chi connectivity index (χ1n) is 6.15. The van der Waals surface area contributed by atoms with E-state index in [0.717, 1.165) is 17.8 Å². The first-order chi connectivity index (χ1) is 9.99. The van der Waals surface area contributed by atoms with Crippen LogP contribution in [0.1, 0.15) is 28.9 Å². The quantitative estimate of drug-likeness (QED) is 0.534. The van der Waals surface area contributed by atoms with E-state index in [0.29, 0.717) is 0 Å². The molecule has 1 atom stereocenters. The molecular formula is C14H12ClN3O3. The van der Waals surface area contributed by atoms with Crippen molar-refractivity contribution in [2.24, 2.45) is 0 Å². The number of aromatic nitrogens is 1. The number of nitrogens with one attached hydrogen (secondary N) is 1. The van der Waals surface area contributed by atoms with Crippen LogP contribution >= 0.6 is 11.6 Å². The number of nitro groups is 1. The Morgan fingerprint density at radius 3 is 2.67 bits per heavy atom. The largest absolute Gasteiger partial charge is 0.345 e. The van der Waals surface area contributed by atoms with Crippen molar-refractivity contribution in [3.8, 4) is 0 Å². The van der Waals surface area contributed by atoms with Crippen LogP contribution < -0.4 is 5.32 Å². The molecular weight excluding hydrogens is 294 g/mol. The third kappa shape index (κ3) is 3.55. The minimum atomic E-state index is -0.624. The van der Waals surface area contributed by atoms with Gasteiger partial charge in [0.1, 0.15) is 11.3 Å². The van der Waals surface area contributed by atoms with Gasteiger partial charge in [-0.2, -0.15) is 0 Å². The summed E-state index contributed by atoms with van der Waals surface area (Å²) < 4.78 is 0. The number of hydrogen-bond acceptors (Lipinski definition) is 4. The van der Waals surface area contributed by atoms with E-state index in [1.54, 1.807) is 0 Å². The molecule has 1 N–H and O–H groups in total. The molecule has 108 valence electrons. The summed E-state index contributed by atoms with van der Waals surface area (Å²) in [6.07, 6.45) is 1.01. The monoisotopic (exact) mass is 305 g/mol. The maximum Gasteiger partial charge on any atom is 0.288 e. The zero-order valence-corrected chi connectivity index (χ0v) is 11.9. The van der Waals surface area contributed by atoms with Crippen LogP contribution in [-0.2, 0) is 0 Å². The Labute approximate surface area is 125 Å². The summed E-state index contributed by atoms with van der Waals surface area (Å²) in [7, 11) is 0. The van der Waals surface area contributed by atoms with E-state index in [2.05, 4.69) is 10.3 Å². The lowest BCUT2D eigenvalue weighted by atomic mass is 10.1. The van der Waals surface area contributed by atoms with Crippen molar-refractivity contribution in [2.75, 3.05) is 0 Å². The normalized spacial score (nSPS) is 11.7. The fraction of sp³-hybridized carbons (Fsp3) is 0.143. The van der Waals surface area contributed by atoms with E-state index in [1.165, 1.54) is 0 Å². The van der Waals surface area contributed by atoms with Gasteiger partial charge in [-0.3, -0.25) is 14.9 Å². The molecule has 0 radical (unpaired) electrons. The molecule has 21 heavy (non-hydrogen) atoms. The number of nitrogens with zero attached hydrogens (tertiary/aromatic N) is 2. The van der Waals surface area contributed by atoms with Gasteiger partial charge in [0, 0.05) is 6.07 Å². The molecule has 0 spiro atoms. The molecule has 0 saturated heterocycles. The van der Waals surface area contributed by atoms with Crippen LogP contribution in [0.5, 0.6) is 0 Å². The number of carbonyl (C=O) groups excluding carboxylic acids is 1. The number of hydrogen-bond donors (Lipinski definition) is 1. The van der Waals surface area contributed by atoms with Crippen molar-refractivity contribution in [1.82, 2.24) is 10.3 Å². The van der Waals surface area contributed by atoms with Gasteiger partial charge < -0.3 is 5.32 Å². The molecule has 1 unspecified atom stereocenters. The highest BCUT2D eigenvalue weighted by molar-refractivity contribution is 6.32. The van der Waals surface area contributed by atoms with Crippen molar-refractivity contribution in [2.45, 2.75) is 13.0 Å². The Morgan fingerprint density at radius 2 is 2.05 bits per heavy atom. The second kappa shape index (κ2) is 6.32. The number of carbonyl (C=O) groups is 1. The number of pyridine rings is 1. The molecule has 6 nitrogen and oxygen atoms in total. The van der Waals surface area contributed by atoms with Gasteiger partial charge in [0.15, 0.2) is 0 Å². The van der Waals surface area contributed by atoms with Crippen LogP contribution in [0.4, 0.5) is 5.69 Å². The van der Waals surface area contributed by atoms with E-state index < -0.39 is 10.8 Å². The van der Waals surface area contributed by atoms with Gasteiger partial charge in [0.05, 0.1) is 16.5 Å². The Kier molecular flexibility index (Phi) is 4.49. The SMILES string of the molecule is CC(NC(=O)c1cc([N+](=O)[O-])cnc1Cl)c1ccccc1. The summed E-state index contributed by atoms with van der Waals surface area (Å²) in [4.78, 5) is 25.9. The molecule has 1 aromatic heterocycles. The average molecular weight is 306 g/mol. The lowest BCUT2D eigenvalue weighted by molar-refractivity contribution is -0.385. The lowest BCUT2D eigenvalue weighted by Gasteiger charge is -2.14. The van der Waals surface area contributed by atoms with E-state index >= 15 is 0 Å². The minimum absolute atomic E-state index is 0.0198. The van der Waals surface area contributed by atoms with Crippen molar-refractivity contribution in [3.05, 3.63) is 69.0 Å². The van der Waals surface area contributed by atoms with E-state index in [1.807, 2.05) is 37.3 Å². The van der Waals surface area contributed by atoms with Crippen molar-refractivity contribution in [1.29, 1.82) is 0 Å². The Bertz CT molecular complexity index is 676. The van der Waals surface area contributed by atoms with Gasteiger partial charge >= 0.3 is 0 Å². The standard InChI is InChI=1S/C14H12ClN3O3/c1-9(10-5-3-2-4-6-10)17-14(19)12-7-11(18(20)21)8-16-13(12)15/h2-9H,1H3,(H,17,19). The molecule has 0 fully saturated rings. The molecule has 1 aromatic carbocycles. The molecule has 2 rings (SSSR count). The molecule has 0 bridgehead atoms. The molecule has 1 heterocycles. The van der Waals surface area contributed by atoms with Crippen LogP contribution in [0.15, 0.2) is 42.6 Å². The smallest absolute Gasteiger partial charge is 0.288 e. The molecule has 2 aromatic rings. The summed E-state index contributed by atoms with van der Waals surface area (Å²) in [6.45, 7) is 1.81. The van der Waals surface area contributed by atoms with Crippen molar-refractivity contribution < 1.29 is 9.72 Å². The summed E-state index contributed by atoms with van der Waals surface area (Å²) in [5, 5.41) is 13.4. The van der Waals surface area contributed by atoms with Gasteiger partial charge in [0.2, 0.25) is 0 Å². The third-order valence-electron chi connectivity index (χ3n) is 2.93. The fourth-order valence-electron chi connectivity index (χ4n) is 1.80. The van der Waals surface area contributed by atoms with Gasteiger partial charge in [0.25, 0.3) is 11.6 Å². The highest BCUT2D eigenvalue weighted by Crippen LogP contribution is 2.20. The van der Waals surface area contributed by atoms with Crippen LogP contribution in [0.25, 0.3) is 0 Å². The highest BCUT2D eigenvalue weighted by atomic mass is 35.5. The maximum atomic E-state index is 12.2. The molecule has 0 saturated carbocycles. The third-order valence-corrected chi connectivity index (χ3v) is 3.23. The molecule has 0 aliphatic carbocycles. The number of halogens is 1. The predicted octanol–water partition coefficient (Wildman–Crippen LogP) is 3.13. The fourth-order valence-corrected chi connectivity index (χ4v) is 1.98. The van der Waals surface area contributed by atoms with Crippen LogP contribution in [0.2, 0.25) is 5.15 Å². The number of amides is 1. The second-order valence-corrected chi connectivity index (χ2v) is 4.75.